The van der Waals surface area contributed by atoms with Crippen LogP contribution in [0.2, 0.25) is 0 Å². The maximum absolute atomic E-state index is 13.6. The molecule has 0 aromatic heterocycles. The molecular weight excluding hydrogens is 428 g/mol. The second-order valence-electron chi connectivity index (χ2n) is 7.81. The van der Waals surface area contributed by atoms with Crippen LogP contribution in [0.25, 0.3) is 0 Å². The number of hydrogen-bond donors (Lipinski definition) is 1. The smallest absolute Gasteiger partial charge is 0.265 e. The van der Waals surface area contributed by atoms with Crippen LogP contribution in [0.4, 0.5) is 11.4 Å². The molecule has 6 heteroatoms. The van der Waals surface area contributed by atoms with Crippen molar-refractivity contribution in [2.45, 2.75) is 0 Å². The first-order chi connectivity index (χ1) is 16.5. The van der Waals surface area contributed by atoms with Gasteiger partial charge in [0.2, 0.25) is 0 Å². The minimum absolute atomic E-state index is 0.000776. The lowest BCUT2D eigenvalue weighted by atomic mass is 9.82. The molecular formula is C28H18N2O4. The van der Waals surface area contributed by atoms with Crippen molar-refractivity contribution in [3.05, 3.63) is 130 Å². The van der Waals surface area contributed by atoms with Crippen LogP contribution in [-0.2, 0) is 0 Å². The van der Waals surface area contributed by atoms with Crippen LogP contribution < -0.4 is 10.6 Å². The van der Waals surface area contributed by atoms with E-state index in [-0.39, 0.29) is 44.8 Å². The third-order valence-electron chi connectivity index (χ3n) is 5.77. The quantitative estimate of drug-likeness (QED) is 0.324. The highest BCUT2D eigenvalue weighted by Gasteiger charge is 2.37. The van der Waals surface area contributed by atoms with Crippen molar-refractivity contribution in [1.82, 2.24) is 0 Å². The molecule has 2 amide bonds. The molecule has 6 nitrogen and oxygen atoms in total. The van der Waals surface area contributed by atoms with Gasteiger partial charge in [0.15, 0.2) is 11.6 Å². The van der Waals surface area contributed by atoms with Crippen LogP contribution in [0, 0.1) is 0 Å². The van der Waals surface area contributed by atoms with Crippen molar-refractivity contribution in [2.75, 3.05) is 10.6 Å². The summed E-state index contributed by atoms with van der Waals surface area (Å²) >= 11 is 0. The summed E-state index contributed by atoms with van der Waals surface area (Å²) in [5, 5.41) is 0. The third kappa shape index (κ3) is 3.29. The van der Waals surface area contributed by atoms with Crippen molar-refractivity contribution in [3.8, 4) is 0 Å². The molecule has 1 aliphatic rings. The lowest BCUT2D eigenvalue weighted by Gasteiger charge is -2.27. The number of amides is 2. The number of nitrogen functional groups attached to an aromatic ring is 1. The zero-order valence-electron chi connectivity index (χ0n) is 17.9. The Morgan fingerprint density at radius 2 is 1.03 bits per heavy atom. The molecule has 4 aromatic rings. The Bertz CT molecular complexity index is 1430. The van der Waals surface area contributed by atoms with Gasteiger partial charge in [-0.3, -0.25) is 19.2 Å². The molecule has 0 aliphatic heterocycles. The van der Waals surface area contributed by atoms with Gasteiger partial charge in [0.05, 0.1) is 16.8 Å². The number of carbonyl (C=O) groups excluding carboxylic acids is 4. The van der Waals surface area contributed by atoms with Crippen LogP contribution in [0.5, 0.6) is 0 Å². The first kappa shape index (κ1) is 21.0. The molecule has 4 aromatic carbocycles. The Labute approximate surface area is 195 Å². The van der Waals surface area contributed by atoms with Crippen molar-refractivity contribution in [3.63, 3.8) is 0 Å². The van der Waals surface area contributed by atoms with Crippen molar-refractivity contribution >= 4 is 34.8 Å². The predicted octanol–water partition coefficient (Wildman–Crippen LogP) is 4.53. The lowest BCUT2D eigenvalue weighted by molar-refractivity contribution is 0.0895. The first-order valence-corrected chi connectivity index (χ1v) is 10.6. The number of rotatable bonds is 3. The van der Waals surface area contributed by atoms with E-state index in [0.717, 1.165) is 4.90 Å². The maximum Gasteiger partial charge on any atom is 0.265 e. The van der Waals surface area contributed by atoms with Crippen LogP contribution >= 0.6 is 0 Å². The number of nitrogens with zero attached hydrogens (tertiary/aromatic N) is 1. The minimum atomic E-state index is -0.610. The van der Waals surface area contributed by atoms with Gasteiger partial charge < -0.3 is 5.73 Å². The Kier molecular flexibility index (Phi) is 5.11. The molecule has 5 rings (SSSR count). The van der Waals surface area contributed by atoms with E-state index >= 15 is 0 Å². The van der Waals surface area contributed by atoms with Gasteiger partial charge in [0.25, 0.3) is 11.8 Å². The SMILES string of the molecule is Nc1cccc2c1C(=O)c1cccc(N(C(=O)c3ccccc3)C(=O)c3ccccc3)c1C2=O. The Morgan fingerprint density at radius 3 is 1.59 bits per heavy atom. The highest BCUT2D eigenvalue weighted by Crippen LogP contribution is 2.36. The average Bonchev–Trinajstić information content (AvgIpc) is 2.88. The number of fused-ring (bicyclic) bond motifs is 2. The molecule has 164 valence electrons. The summed E-state index contributed by atoms with van der Waals surface area (Å²) in [6.07, 6.45) is 0. The average molecular weight is 446 g/mol. The molecule has 2 N–H and O–H groups in total. The fraction of sp³-hybridized carbons (Fsp3) is 0. The van der Waals surface area contributed by atoms with Crippen LogP contribution in [0.1, 0.15) is 52.6 Å². The molecule has 0 saturated carbocycles. The van der Waals surface area contributed by atoms with Gasteiger partial charge in [-0.25, -0.2) is 4.90 Å². The summed E-state index contributed by atoms with van der Waals surface area (Å²) in [5.41, 5.74) is 7.16. The van der Waals surface area contributed by atoms with E-state index in [4.69, 9.17) is 5.73 Å². The molecule has 0 bridgehead atoms. The van der Waals surface area contributed by atoms with E-state index in [1.807, 2.05) is 0 Å². The molecule has 0 fully saturated rings. The van der Waals surface area contributed by atoms with Gasteiger partial charge in [-0.1, -0.05) is 60.7 Å². The van der Waals surface area contributed by atoms with Gasteiger partial charge in [0, 0.05) is 27.9 Å². The molecule has 34 heavy (non-hydrogen) atoms. The summed E-state index contributed by atoms with van der Waals surface area (Å²) in [6.45, 7) is 0. The Hall–Kier alpha value is -4.84. The largest absolute Gasteiger partial charge is 0.398 e. The maximum atomic E-state index is 13.6. The standard InChI is InChI=1S/C28H18N2O4/c29-21-15-7-13-19-23(21)25(31)20-14-8-16-22(24(20)26(19)32)30(27(33)17-9-3-1-4-10-17)28(34)18-11-5-2-6-12-18/h1-16H,29H2. The number of ketones is 2. The number of hydrogen-bond acceptors (Lipinski definition) is 5. The molecule has 1 aliphatic carbocycles. The minimum Gasteiger partial charge on any atom is -0.398 e. The van der Waals surface area contributed by atoms with E-state index in [1.54, 1.807) is 78.9 Å². The highest BCUT2D eigenvalue weighted by atomic mass is 16.2. The van der Waals surface area contributed by atoms with Crippen LogP contribution in [0.15, 0.2) is 97.1 Å². The Morgan fingerprint density at radius 1 is 0.559 bits per heavy atom. The van der Waals surface area contributed by atoms with Crippen molar-refractivity contribution in [1.29, 1.82) is 0 Å². The summed E-state index contributed by atoms with van der Waals surface area (Å²) in [6, 6.07) is 25.9. The zero-order valence-corrected chi connectivity index (χ0v) is 17.9. The van der Waals surface area contributed by atoms with E-state index in [1.165, 1.54) is 18.2 Å². The summed E-state index contributed by atoms with van der Waals surface area (Å²) in [5.74, 6) is -2.12. The molecule has 0 spiro atoms. The highest BCUT2D eigenvalue weighted by molar-refractivity contribution is 6.34. The normalized spacial score (nSPS) is 12.0. The number of imide groups is 1. The van der Waals surface area contributed by atoms with Crippen molar-refractivity contribution < 1.29 is 19.2 Å². The predicted molar refractivity (Wildman–Crippen MR) is 128 cm³/mol. The van der Waals surface area contributed by atoms with Gasteiger partial charge in [-0.05, 0) is 36.4 Å². The summed E-state index contributed by atoms with van der Waals surface area (Å²) < 4.78 is 0. The molecule has 0 radical (unpaired) electrons. The molecule has 0 unspecified atom stereocenters. The summed E-state index contributed by atoms with van der Waals surface area (Å²) in [7, 11) is 0. The van der Waals surface area contributed by atoms with E-state index < -0.39 is 23.4 Å². The zero-order chi connectivity index (χ0) is 23.8. The second kappa shape index (κ2) is 8.26. The van der Waals surface area contributed by atoms with Crippen LogP contribution in [-0.4, -0.2) is 23.4 Å². The van der Waals surface area contributed by atoms with E-state index in [2.05, 4.69) is 0 Å². The number of anilines is 2. The van der Waals surface area contributed by atoms with Crippen molar-refractivity contribution in [2.24, 2.45) is 0 Å². The van der Waals surface area contributed by atoms with Crippen LogP contribution in [0.3, 0.4) is 0 Å². The van der Waals surface area contributed by atoms with E-state index in [9.17, 15) is 19.2 Å². The van der Waals surface area contributed by atoms with Gasteiger partial charge in [-0.2, -0.15) is 0 Å². The van der Waals surface area contributed by atoms with Gasteiger partial charge >= 0.3 is 0 Å². The number of benzene rings is 4. The first-order valence-electron chi connectivity index (χ1n) is 10.6. The fourth-order valence-electron chi connectivity index (χ4n) is 4.17. The number of nitrogens with two attached hydrogens (primary N) is 1. The molecule has 0 atom stereocenters. The molecule has 0 heterocycles. The summed E-state index contributed by atoms with van der Waals surface area (Å²) in [4.78, 5) is 55.1. The lowest BCUT2D eigenvalue weighted by Crippen LogP contribution is -2.39. The topological polar surface area (TPSA) is 97.5 Å². The fourth-order valence-corrected chi connectivity index (χ4v) is 4.17. The van der Waals surface area contributed by atoms with Gasteiger partial charge in [0.1, 0.15) is 0 Å². The Balaban J connectivity index is 1.74. The second-order valence-corrected chi connectivity index (χ2v) is 7.81. The number of carbonyl (C=O) groups is 4. The monoisotopic (exact) mass is 446 g/mol. The third-order valence-corrected chi connectivity index (χ3v) is 5.77. The molecule has 0 saturated heterocycles. The van der Waals surface area contributed by atoms with Gasteiger partial charge in [-0.15, -0.1) is 0 Å². The van der Waals surface area contributed by atoms with E-state index in [0.29, 0.717) is 0 Å².